The first-order chi connectivity index (χ1) is 16.0. The van der Waals surface area contributed by atoms with E-state index >= 15 is 0 Å². The topological polar surface area (TPSA) is 67.3 Å². The Balaban J connectivity index is 1.56. The minimum Gasteiger partial charge on any atom is -0.293 e. The first-order valence-corrected chi connectivity index (χ1v) is 13.3. The second-order valence-corrected chi connectivity index (χ2v) is 12.2. The molecule has 1 aromatic heterocycles. The molecular weight excluding hydrogens is 491 g/mol. The van der Waals surface area contributed by atoms with Crippen molar-refractivity contribution in [1.29, 1.82) is 0 Å². The van der Waals surface area contributed by atoms with Crippen molar-refractivity contribution >= 4 is 79.3 Å². The van der Waals surface area contributed by atoms with Crippen molar-refractivity contribution in [3.8, 4) is 0 Å². The zero-order valence-electron chi connectivity index (χ0n) is 16.8. The monoisotopic (exact) mass is 504 g/mol. The summed E-state index contributed by atoms with van der Waals surface area (Å²) in [5.41, 5.74) is 1.88. The van der Waals surface area contributed by atoms with E-state index in [-0.39, 0.29) is 17.0 Å². The normalized spacial score (nSPS) is 21.0. The summed E-state index contributed by atoms with van der Waals surface area (Å²) < 4.78 is 14.1. The second kappa shape index (κ2) is 7.64. The van der Waals surface area contributed by atoms with Crippen molar-refractivity contribution in [2.24, 2.45) is 0 Å². The third kappa shape index (κ3) is 2.91. The number of thiocarbonyl (C=S) groups is 2. The largest absolute Gasteiger partial charge is 0.293 e. The van der Waals surface area contributed by atoms with E-state index in [9.17, 15) is 13.8 Å². The molecule has 2 unspecified atom stereocenters. The molecule has 6 rings (SSSR count). The van der Waals surface area contributed by atoms with Gasteiger partial charge in [0.2, 0.25) is 0 Å². The second-order valence-electron chi connectivity index (χ2n) is 7.68. The highest BCUT2D eigenvalue weighted by atomic mass is 32.2. The summed E-state index contributed by atoms with van der Waals surface area (Å²) in [6, 6.07) is 16.6. The van der Waals surface area contributed by atoms with Gasteiger partial charge in [-0.25, -0.2) is 4.21 Å². The summed E-state index contributed by atoms with van der Waals surface area (Å²) in [6.45, 7) is 0.275. The molecule has 0 bridgehead atoms. The molecule has 0 radical (unpaired) electrons. The molecule has 3 aliphatic rings. The number of carbonyl (C=O) groups excluding carboxylic acids is 2. The van der Waals surface area contributed by atoms with E-state index in [0.29, 0.717) is 41.4 Å². The summed E-state index contributed by atoms with van der Waals surface area (Å²) in [7, 11) is -3.37. The lowest BCUT2D eigenvalue weighted by Crippen LogP contribution is -2.49. The molecule has 3 aromatic rings. The molecule has 3 aliphatic heterocycles. The first kappa shape index (κ1) is 20.8. The van der Waals surface area contributed by atoms with Crippen LogP contribution in [-0.2, 0) is 22.1 Å². The van der Waals surface area contributed by atoms with E-state index in [0.717, 1.165) is 5.56 Å². The summed E-state index contributed by atoms with van der Waals surface area (Å²) in [5, 5.41) is 1.74. The van der Waals surface area contributed by atoms with Gasteiger partial charge in [0.1, 0.15) is 9.89 Å². The van der Waals surface area contributed by atoms with Crippen LogP contribution in [0.15, 0.2) is 67.0 Å². The van der Waals surface area contributed by atoms with Gasteiger partial charge < -0.3 is 0 Å². The lowest BCUT2D eigenvalue weighted by atomic mass is 10.0. The molecule has 1 amide bonds. The van der Waals surface area contributed by atoms with Crippen molar-refractivity contribution in [2.75, 3.05) is 0 Å². The number of hydrogen-bond acceptors (Lipinski definition) is 6. The van der Waals surface area contributed by atoms with E-state index in [1.165, 1.54) is 4.90 Å². The van der Waals surface area contributed by atoms with Gasteiger partial charge in [-0.2, -0.15) is 0 Å². The van der Waals surface area contributed by atoms with Crippen molar-refractivity contribution in [3.63, 3.8) is 0 Å². The molecule has 0 spiro atoms. The van der Waals surface area contributed by atoms with Gasteiger partial charge in [-0.05, 0) is 17.7 Å². The number of amides is 1. The number of benzene rings is 2. The van der Waals surface area contributed by atoms with Crippen molar-refractivity contribution < 1.29 is 13.8 Å². The van der Waals surface area contributed by atoms with Crippen LogP contribution in [0.5, 0.6) is 0 Å². The predicted octanol–water partition coefficient (Wildman–Crippen LogP) is 2.07. The number of nitrogens with zero attached hydrogens (tertiary/aromatic N) is 2. The molecule has 2 aromatic carbocycles. The number of pyridine rings is 1. The molecular formula is C24H13N2O3PS3. The molecule has 0 N–H and O–H groups in total. The maximum absolute atomic E-state index is 13.7. The third-order valence-electron chi connectivity index (χ3n) is 5.86. The van der Waals surface area contributed by atoms with Crippen LogP contribution >= 0.6 is 32.4 Å². The van der Waals surface area contributed by atoms with Gasteiger partial charge >= 0.3 is 0 Å². The minimum atomic E-state index is -1.79. The summed E-state index contributed by atoms with van der Waals surface area (Å²) in [5.74, 6) is -0.397. The van der Waals surface area contributed by atoms with Crippen molar-refractivity contribution in [2.45, 2.75) is 6.54 Å². The Labute approximate surface area is 203 Å². The van der Waals surface area contributed by atoms with Gasteiger partial charge in [-0.1, -0.05) is 66.9 Å². The first-order valence-electron chi connectivity index (χ1n) is 10.0. The molecule has 0 saturated heterocycles. The molecule has 2 atom stereocenters. The van der Waals surface area contributed by atoms with Gasteiger partial charge in [-0.3, -0.25) is 19.5 Å². The van der Waals surface area contributed by atoms with Crippen LogP contribution in [-0.4, -0.2) is 35.1 Å². The van der Waals surface area contributed by atoms with Gasteiger partial charge in [0, 0.05) is 47.2 Å². The summed E-state index contributed by atoms with van der Waals surface area (Å²) in [4.78, 5) is 33.6. The standard InChI is InChI=1S/C24H13N2O3PS3/c27-21-19-17-15(22(31)26(21)12-13-5-2-1-3-6-13)8-9-16-18(17)20(33(19)29)24(32)30(23(16)28)14-7-4-10-25-11-14/h1-11H,12H2. The smallest absolute Gasteiger partial charge is 0.269 e. The van der Waals surface area contributed by atoms with Crippen LogP contribution in [0.2, 0.25) is 0 Å². The molecule has 160 valence electrons. The molecule has 4 heterocycles. The van der Waals surface area contributed by atoms with E-state index in [1.807, 2.05) is 36.4 Å². The van der Waals surface area contributed by atoms with Gasteiger partial charge in [0.15, 0.2) is 5.52 Å². The Morgan fingerprint density at radius 1 is 0.909 bits per heavy atom. The fourth-order valence-corrected chi connectivity index (χ4v) is 9.37. The summed E-state index contributed by atoms with van der Waals surface area (Å²) in [6.07, 6.45) is 3.25. The van der Waals surface area contributed by atoms with E-state index < -0.39 is 24.6 Å². The highest BCUT2D eigenvalue weighted by Gasteiger charge is 2.45. The van der Waals surface area contributed by atoms with Crippen molar-refractivity contribution in [3.05, 3.63) is 94.1 Å². The molecule has 9 heteroatoms. The minimum absolute atomic E-state index is 0.118. The highest BCUT2D eigenvalue weighted by molar-refractivity contribution is 8.17. The third-order valence-corrected chi connectivity index (χ3v) is 10.9. The average molecular weight is 505 g/mol. The molecule has 33 heavy (non-hydrogen) atoms. The maximum Gasteiger partial charge on any atom is 0.269 e. The lowest BCUT2D eigenvalue weighted by molar-refractivity contribution is -0.121. The summed E-state index contributed by atoms with van der Waals surface area (Å²) >= 11 is 11.4. The fraction of sp³-hybridized carbons (Fsp3) is 0.0417. The van der Waals surface area contributed by atoms with Gasteiger partial charge in [0.25, 0.3) is 5.91 Å². The van der Waals surface area contributed by atoms with E-state index in [4.69, 9.17) is 24.4 Å². The predicted molar refractivity (Wildman–Crippen MR) is 137 cm³/mol. The fourth-order valence-electron chi connectivity index (χ4n) is 4.40. The van der Waals surface area contributed by atoms with E-state index in [2.05, 4.69) is 4.98 Å². The van der Waals surface area contributed by atoms with Gasteiger partial charge in [-0.15, -0.1) is 0 Å². The Hall–Kier alpha value is -2.77. The highest BCUT2D eigenvalue weighted by Crippen LogP contribution is 2.47. The van der Waals surface area contributed by atoms with Crippen LogP contribution in [0.4, 0.5) is 0 Å². The number of carbonyl (C=O) groups is 2. The number of hydrogen-bond donors (Lipinski definition) is 0. The van der Waals surface area contributed by atoms with Crippen LogP contribution in [0.3, 0.4) is 0 Å². The zero-order valence-corrected chi connectivity index (χ0v) is 20.2. The quantitative estimate of drug-likeness (QED) is 0.402. The van der Waals surface area contributed by atoms with Crippen LogP contribution in [0.25, 0.3) is 9.81 Å². The number of rotatable bonds is 3. The van der Waals surface area contributed by atoms with Crippen LogP contribution < -0.4 is 15.7 Å². The van der Waals surface area contributed by atoms with Gasteiger partial charge in [0.05, 0.1) is 26.9 Å². The zero-order chi connectivity index (χ0) is 22.9. The molecule has 0 saturated carbocycles. The number of aromatic nitrogens is 1. The van der Waals surface area contributed by atoms with Crippen LogP contribution in [0.1, 0.15) is 21.5 Å². The maximum atomic E-state index is 13.7. The molecule has 5 nitrogen and oxygen atoms in total. The Kier molecular flexibility index (Phi) is 4.82. The van der Waals surface area contributed by atoms with Crippen LogP contribution in [0, 0.1) is 0 Å². The lowest BCUT2D eigenvalue weighted by Gasteiger charge is -2.27. The molecule has 0 aliphatic carbocycles. The van der Waals surface area contributed by atoms with E-state index in [1.54, 1.807) is 30.6 Å². The Bertz CT molecular complexity index is 1590. The molecule has 0 fully saturated rings. The SMILES string of the molecule is O=C1C2=c3c(ccc4c3=C(C(=S)P(c3cccnc3)C4=O)S2=O)C(=S)N1Cc1ccccc1. The average Bonchev–Trinajstić information content (AvgIpc) is 3.14. The van der Waals surface area contributed by atoms with Crippen molar-refractivity contribution in [1.82, 2.24) is 9.88 Å². The Morgan fingerprint density at radius 3 is 2.36 bits per heavy atom. The Morgan fingerprint density at radius 2 is 1.64 bits per heavy atom.